The predicted molar refractivity (Wildman–Crippen MR) is 59.6 cm³/mol. The molecule has 0 unspecified atom stereocenters. The van der Waals surface area contributed by atoms with Gasteiger partial charge in [-0.05, 0) is 30.3 Å². The molecule has 0 atom stereocenters. The van der Waals surface area contributed by atoms with E-state index in [1.807, 2.05) is 0 Å². The van der Waals surface area contributed by atoms with E-state index in [4.69, 9.17) is 11.6 Å². The summed E-state index contributed by atoms with van der Waals surface area (Å²) >= 11 is 5.72. The van der Waals surface area contributed by atoms with Crippen LogP contribution in [0.15, 0.2) is 36.5 Å². The number of halogens is 5. The summed E-state index contributed by atoms with van der Waals surface area (Å²) in [6.07, 6.45) is -3.37. The van der Waals surface area contributed by atoms with E-state index in [0.717, 1.165) is 6.07 Å². The maximum atomic E-state index is 13.1. The summed E-state index contributed by atoms with van der Waals surface area (Å²) in [6.45, 7) is 0. The van der Waals surface area contributed by atoms with Gasteiger partial charge in [-0.3, -0.25) is 4.98 Å². The van der Waals surface area contributed by atoms with Gasteiger partial charge in [-0.2, -0.15) is 13.2 Å². The molecule has 1 aromatic carbocycles. The average Bonchev–Trinajstić information content (AvgIpc) is 2.28. The number of alkyl halides is 3. The Bertz CT molecular complexity index is 581. The third-order valence-corrected chi connectivity index (χ3v) is 2.52. The normalized spacial score (nSPS) is 11.6. The molecule has 2 rings (SSSR count). The fourth-order valence-corrected chi connectivity index (χ4v) is 1.62. The lowest BCUT2D eigenvalue weighted by Crippen LogP contribution is -2.08. The van der Waals surface area contributed by atoms with Crippen molar-refractivity contribution in [1.29, 1.82) is 0 Å². The quantitative estimate of drug-likeness (QED) is 0.695. The van der Waals surface area contributed by atoms with Crippen molar-refractivity contribution in [3.05, 3.63) is 52.9 Å². The zero-order chi connectivity index (χ0) is 13.3. The summed E-state index contributed by atoms with van der Waals surface area (Å²) in [5.41, 5.74) is -0.902. The average molecular weight is 276 g/mol. The van der Waals surface area contributed by atoms with E-state index in [-0.39, 0.29) is 11.3 Å². The van der Waals surface area contributed by atoms with Crippen molar-refractivity contribution in [2.24, 2.45) is 0 Å². The first-order valence-electron chi connectivity index (χ1n) is 4.86. The second kappa shape index (κ2) is 4.57. The van der Waals surface area contributed by atoms with Gasteiger partial charge in [0.15, 0.2) is 0 Å². The van der Waals surface area contributed by atoms with Crippen LogP contribution in [0.1, 0.15) is 5.56 Å². The predicted octanol–water partition coefficient (Wildman–Crippen LogP) is 4.56. The fraction of sp³-hybridized carbons (Fsp3) is 0.0833. The molecular weight excluding hydrogens is 270 g/mol. The third kappa shape index (κ3) is 2.61. The summed E-state index contributed by atoms with van der Waals surface area (Å²) in [4.78, 5) is 3.89. The van der Waals surface area contributed by atoms with Crippen LogP contribution in [0, 0.1) is 5.82 Å². The molecule has 0 amide bonds. The Labute approximate surface area is 105 Å². The van der Waals surface area contributed by atoms with Gasteiger partial charge >= 0.3 is 6.18 Å². The number of rotatable bonds is 1. The van der Waals surface area contributed by atoms with E-state index in [0.29, 0.717) is 11.1 Å². The van der Waals surface area contributed by atoms with Gasteiger partial charge in [-0.25, -0.2) is 4.39 Å². The van der Waals surface area contributed by atoms with Gasteiger partial charge in [0.25, 0.3) is 0 Å². The smallest absolute Gasteiger partial charge is 0.256 e. The molecule has 94 valence electrons. The lowest BCUT2D eigenvalue weighted by molar-refractivity contribution is -0.139. The first kappa shape index (κ1) is 12.8. The molecule has 1 nitrogen and oxygen atoms in total. The minimum Gasteiger partial charge on any atom is -0.256 e. The number of pyridine rings is 1. The minimum atomic E-state index is -4.74. The summed E-state index contributed by atoms with van der Waals surface area (Å²) in [6, 6.07) is 5.62. The molecule has 0 aliphatic heterocycles. The van der Waals surface area contributed by atoms with E-state index in [1.165, 1.54) is 24.4 Å². The zero-order valence-electron chi connectivity index (χ0n) is 8.80. The highest BCUT2D eigenvalue weighted by molar-refractivity contribution is 6.30. The molecule has 0 saturated carbocycles. The largest absolute Gasteiger partial charge is 0.419 e. The van der Waals surface area contributed by atoms with Crippen LogP contribution in [0.5, 0.6) is 0 Å². The van der Waals surface area contributed by atoms with Crippen molar-refractivity contribution >= 4 is 11.6 Å². The Balaban J connectivity index is 2.54. The second-order valence-electron chi connectivity index (χ2n) is 3.55. The molecule has 18 heavy (non-hydrogen) atoms. The lowest BCUT2D eigenvalue weighted by Gasteiger charge is -2.09. The molecule has 0 aliphatic carbocycles. The van der Waals surface area contributed by atoms with Crippen molar-refractivity contribution in [2.45, 2.75) is 6.18 Å². The van der Waals surface area contributed by atoms with E-state index >= 15 is 0 Å². The number of aromatic nitrogens is 1. The Morgan fingerprint density at radius 2 is 1.78 bits per heavy atom. The molecule has 6 heteroatoms. The van der Waals surface area contributed by atoms with E-state index < -0.39 is 17.6 Å². The zero-order valence-corrected chi connectivity index (χ0v) is 9.56. The van der Waals surface area contributed by atoms with Crippen molar-refractivity contribution in [1.82, 2.24) is 4.98 Å². The van der Waals surface area contributed by atoms with Crippen LogP contribution in [0.2, 0.25) is 5.02 Å². The Morgan fingerprint density at radius 3 is 2.39 bits per heavy atom. The van der Waals surface area contributed by atoms with Crippen LogP contribution in [-0.2, 0) is 6.18 Å². The van der Waals surface area contributed by atoms with Crippen molar-refractivity contribution in [3.8, 4) is 11.3 Å². The number of hydrogen-bond acceptors (Lipinski definition) is 1. The highest BCUT2D eigenvalue weighted by Gasteiger charge is 2.34. The van der Waals surface area contributed by atoms with Crippen LogP contribution < -0.4 is 0 Å². The maximum absolute atomic E-state index is 13.1. The van der Waals surface area contributed by atoms with Crippen LogP contribution in [0.3, 0.4) is 0 Å². The van der Waals surface area contributed by atoms with Gasteiger partial charge in [0.2, 0.25) is 0 Å². The van der Waals surface area contributed by atoms with Crippen LogP contribution in [0.25, 0.3) is 11.3 Å². The third-order valence-electron chi connectivity index (χ3n) is 2.29. The molecule has 0 N–H and O–H groups in total. The summed E-state index contributed by atoms with van der Waals surface area (Å²) in [5.74, 6) is -1.31. The van der Waals surface area contributed by atoms with E-state index in [9.17, 15) is 17.6 Å². The minimum absolute atomic E-state index is 0.159. The summed E-state index contributed by atoms with van der Waals surface area (Å²) in [5, 5.41) is 0.345. The summed E-state index contributed by atoms with van der Waals surface area (Å²) in [7, 11) is 0. The van der Waals surface area contributed by atoms with Gasteiger partial charge in [-0.15, -0.1) is 0 Å². The molecule has 1 heterocycles. The van der Waals surface area contributed by atoms with Crippen LogP contribution in [-0.4, -0.2) is 4.98 Å². The van der Waals surface area contributed by atoms with E-state index in [2.05, 4.69) is 4.98 Å². The Kier molecular flexibility index (Phi) is 3.26. The van der Waals surface area contributed by atoms with Crippen molar-refractivity contribution in [2.75, 3.05) is 0 Å². The van der Waals surface area contributed by atoms with Crippen molar-refractivity contribution in [3.63, 3.8) is 0 Å². The first-order chi connectivity index (χ1) is 8.38. The molecular formula is C12H6ClF4N. The van der Waals surface area contributed by atoms with Gasteiger partial charge in [-0.1, -0.05) is 11.6 Å². The highest BCUT2D eigenvalue weighted by Crippen LogP contribution is 2.34. The number of nitrogens with zero attached hydrogens (tertiary/aromatic N) is 1. The van der Waals surface area contributed by atoms with Crippen molar-refractivity contribution < 1.29 is 17.6 Å². The molecule has 0 bridgehead atoms. The fourth-order valence-electron chi connectivity index (χ4n) is 1.46. The first-order valence-corrected chi connectivity index (χ1v) is 5.24. The molecule has 0 fully saturated rings. The second-order valence-corrected chi connectivity index (χ2v) is 3.99. The molecule has 0 spiro atoms. The van der Waals surface area contributed by atoms with Gasteiger partial charge < -0.3 is 0 Å². The molecule has 2 aromatic rings. The lowest BCUT2D eigenvalue weighted by atomic mass is 10.1. The Hall–Kier alpha value is -1.62. The van der Waals surface area contributed by atoms with Gasteiger partial charge in [0, 0.05) is 16.8 Å². The van der Waals surface area contributed by atoms with E-state index in [1.54, 1.807) is 0 Å². The highest BCUT2D eigenvalue weighted by atomic mass is 35.5. The molecule has 0 saturated heterocycles. The monoisotopic (exact) mass is 275 g/mol. The van der Waals surface area contributed by atoms with Gasteiger partial charge in [0.1, 0.15) is 5.82 Å². The molecule has 1 aromatic heterocycles. The van der Waals surface area contributed by atoms with Crippen LogP contribution >= 0.6 is 11.6 Å². The maximum Gasteiger partial charge on any atom is 0.419 e. The van der Waals surface area contributed by atoms with Gasteiger partial charge in [0.05, 0.1) is 11.3 Å². The topological polar surface area (TPSA) is 12.9 Å². The molecule has 0 radical (unpaired) electrons. The van der Waals surface area contributed by atoms with Crippen LogP contribution in [0.4, 0.5) is 17.6 Å². The SMILES string of the molecule is Fc1ccc(-c2cc(Cl)ccn2)cc1C(F)(F)F. The number of hydrogen-bond donors (Lipinski definition) is 0. The number of benzene rings is 1. The summed E-state index contributed by atoms with van der Waals surface area (Å²) < 4.78 is 50.7. The molecule has 0 aliphatic rings. The Morgan fingerprint density at radius 1 is 1.06 bits per heavy atom. The standard InChI is InChI=1S/C12H6ClF4N/c13-8-3-4-18-11(6-8)7-1-2-10(14)9(5-7)12(15,16)17/h1-6H.